The summed E-state index contributed by atoms with van der Waals surface area (Å²) in [5, 5.41) is 22.7. The summed E-state index contributed by atoms with van der Waals surface area (Å²) < 4.78 is 0. The average Bonchev–Trinajstić information content (AvgIpc) is 3.16. The van der Waals surface area contributed by atoms with Crippen molar-refractivity contribution in [3.63, 3.8) is 0 Å². The molecule has 0 spiro atoms. The van der Waals surface area contributed by atoms with Gasteiger partial charge in [0, 0.05) is 11.6 Å². The molecular formula is C21H20N2O5. The molecule has 0 saturated carbocycles. The van der Waals surface area contributed by atoms with Crippen LogP contribution in [0.2, 0.25) is 0 Å². The van der Waals surface area contributed by atoms with Crippen LogP contribution in [-0.4, -0.2) is 34.0 Å². The van der Waals surface area contributed by atoms with Crippen molar-refractivity contribution in [3.8, 4) is 5.75 Å². The van der Waals surface area contributed by atoms with E-state index in [2.05, 4.69) is 5.32 Å². The Labute approximate surface area is 161 Å². The summed E-state index contributed by atoms with van der Waals surface area (Å²) in [5.74, 6) is -4.16. The molecule has 2 fully saturated rings. The van der Waals surface area contributed by atoms with Gasteiger partial charge in [-0.1, -0.05) is 24.3 Å². The van der Waals surface area contributed by atoms with E-state index in [0.717, 1.165) is 16.0 Å². The van der Waals surface area contributed by atoms with E-state index in [9.17, 15) is 24.6 Å². The first-order chi connectivity index (χ1) is 13.3. The largest absolute Gasteiger partial charge is 0.508 e. The Morgan fingerprint density at radius 2 is 1.68 bits per heavy atom. The lowest BCUT2D eigenvalue weighted by Gasteiger charge is -2.22. The number of hydrogen-bond donors (Lipinski definition) is 3. The molecular weight excluding hydrogens is 360 g/mol. The Hall–Kier alpha value is -3.19. The molecule has 2 aliphatic heterocycles. The SMILES string of the molecule is Cc1ccc(N2C(=O)[C@@H]3[C@H](C2=O)[C@H](C(=O)O)N[C@H]3c2ccccc2O)cc1C. The van der Waals surface area contributed by atoms with Crippen molar-refractivity contribution in [2.75, 3.05) is 4.90 Å². The first-order valence-corrected chi connectivity index (χ1v) is 9.03. The van der Waals surface area contributed by atoms with Gasteiger partial charge in [-0.15, -0.1) is 0 Å². The van der Waals surface area contributed by atoms with Crippen LogP contribution in [0.4, 0.5) is 5.69 Å². The molecule has 0 aliphatic carbocycles. The topological polar surface area (TPSA) is 107 Å². The molecule has 2 saturated heterocycles. The van der Waals surface area contributed by atoms with Gasteiger partial charge in [0.15, 0.2) is 0 Å². The molecule has 2 heterocycles. The van der Waals surface area contributed by atoms with Crippen molar-refractivity contribution in [1.29, 1.82) is 0 Å². The third-order valence-corrected chi connectivity index (χ3v) is 5.76. The first-order valence-electron chi connectivity index (χ1n) is 9.03. The lowest BCUT2D eigenvalue weighted by molar-refractivity contribution is -0.142. The van der Waals surface area contributed by atoms with Crippen LogP contribution in [-0.2, 0) is 14.4 Å². The number of hydrogen-bond acceptors (Lipinski definition) is 5. The number of nitrogens with zero attached hydrogens (tertiary/aromatic N) is 1. The van der Waals surface area contributed by atoms with Gasteiger partial charge in [-0.2, -0.15) is 0 Å². The van der Waals surface area contributed by atoms with Crippen molar-refractivity contribution in [1.82, 2.24) is 5.32 Å². The molecule has 2 aromatic rings. The number of anilines is 1. The summed E-state index contributed by atoms with van der Waals surface area (Å²) >= 11 is 0. The number of amides is 2. The van der Waals surface area contributed by atoms with Gasteiger partial charge in [0.1, 0.15) is 11.8 Å². The number of imide groups is 1. The van der Waals surface area contributed by atoms with Gasteiger partial charge in [0.25, 0.3) is 0 Å². The third kappa shape index (κ3) is 2.58. The van der Waals surface area contributed by atoms with E-state index in [1.165, 1.54) is 6.07 Å². The zero-order valence-electron chi connectivity index (χ0n) is 15.4. The normalized spacial score (nSPS) is 26.6. The maximum absolute atomic E-state index is 13.2. The van der Waals surface area contributed by atoms with Crippen LogP contribution in [0.1, 0.15) is 22.7 Å². The second-order valence-electron chi connectivity index (χ2n) is 7.35. The van der Waals surface area contributed by atoms with Crippen molar-refractivity contribution in [3.05, 3.63) is 59.2 Å². The average molecular weight is 380 g/mol. The number of rotatable bonds is 3. The van der Waals surface area contributed by atoms with Gasteiger partial charge in [-0.25, -0.2) is 4.90 Å². The quantitative estimate of drug-likeness (QED) is 0.703. The maximum Gasteiger partial charge on any atom is 0.321 e. The van der Waals surface area contributed by atoms with E-state index in [1.807, 2.05) is 19.9 Å². The Morgan fingerprint density at radius 1 is 1.00 bits per heavy atom. The standard InChI is InChI=1S/C21H20N2O5/c1-10-7-8-12(9-11(10)2)23-19(25)15-16(20(23)26)18(21(27)28)22-17(15)13-5-3-4-6-14(13)24/h3-9,15-18,22,24H,1-2H3,(H,27,28)/t15-,16+,17+,18-/m1/s1. The predicted molar refractivity (Wildman–Crippen MR) is 101 cm³/mol. The summed E-state index contributed by atoms with van der Waals surface area (Å²) in [5.41, 5.74) is 2.80. The summed E-state index contributed by atoms with van der Waals surface area (Å²) in [6, 6.07) is 9.75. The summed E-state index contributed by atoms with van der Waals surface area (Å²) in [6.07, 6.45) is 0. The fraction of sp³-hybridized carbons (Fsp3) is 0.286. The fourth-order valence-corrected chi connectivity index (χ4v) is 4.19. The lowest BCUT2D eigenvalue weighted by Crippen LogP contribution is -2.43. The van der Waals surface area contributed by atoms with Gasteiger partial charge >= 0.3 is 5.97 Å². The monoisotopic (exact) mass is 380 g/mol. The molecule has 0 aromatic heterocycles. The molecule has 2 aromatic carbocycles. The Bertz CT molecular complexity index is 1000. The number of phenolic OH excluding ortho intramolecular Hbond substituents is 1. The summed E-state index contributed by atoms with van der Waals surface area (Å²) in [7, 11) is 0. The van der Waals surface area contributed by atoms with Crippen LogP contribution in [0.3, 0.4) is 0 Å². The zero-order chi connectivity index (χ0) is 20.2. The number of carboxylic acids is 1. The molecule has 3 N–H and O–H groups in total. The van der Waals surface area contributed by atoms with Crippen molar-refractivity contribution < 1.29 is 24.6 Å². The molecule has 2 amide bonds. The Balaban J connectivity index is 1.80. The molecule has 0 radical (unpaired) electrons. The molecule has 4 atom stereocenters. The maximum atomic E-state index is 13.2. The van der Waals surface area contributed by atoms with Gasteiger partial charge in [0.2, 0.25) is 11.8 Å². The van der Waals surface area contributed by atoms with E-state index in [1.54, 1.807) is 30.3 Å². The van der Waals surface area contributed by atoms with Crippen LogP contribution >= 0.6 is 0 Å². The molecule has 7 heteroatoms. The van der Waals surface area contributed by atoms with Crippen LogP contribution < -0.4 is 10.2 Å². The number of para-hydroxylation sites is 1. The first kappa shape index (κ1) is 18.2. The van der Waals surface area contributed by atoms with Gasteiger partial charge in [-0.05, 0) is 43.2 Å². The third-order valence-electron chi connectivity index (χ3n) is 5.76. The zero-order valence-corrected chi connectivity index (χ0v) is 15.4. The Morgan fingerprint density at radius 3 is 2.32 bits per heavy atom. The second-order valence-corrected chi connectivity index (χ2v) is 7.35. The number of phenols is 1. The molecule has 28 heavy (non-hydrogen) atoms. The number of nitrogens with one attached hydrogen (secondary N) is 1. The van der Waals surface area contributed by atoms with Crippen molar-refractivity contribution in [2.24, 2.45) is 11.8 Å². The van der Waals surface area contributed by atoms with Gasteiger partial charge in [0.05, 0.1) is 17.5 Å². The number of aliphatic carboxylic acids is 1. The highest BCUT2D eigenvalue weighted by Gasteiger charge is 2.61. The molecule has 0 unspecified atom stereocenters. The molecule has 4 rings (SSSR count). The highest BCUT2D eigenvalue weighted by molar-refractivity contribution is 6.23. The van der Waals surface area contributed by atoms with Gasteiger partial charge < -0.3 is 10.2 Å². The lowest BCUT2D eigenvalue weighted by atomic mass is 9.86. The van der Waals surface area contributed by atoms with E-state index in [-0.39, 0.29) is 5.75 Å². The number of carboxylic acid groups (broad SMARTS) is 1. The minimum atomic E-state index is -1.21. The van der Waals surface area contributed by atoms with E-state index < -0.39 is 41.7 Å². The minimum Gasteiger partial charge on any atom is -0.508 e. The number of aromatic hydroxyl groups is 1. The summed E-state index contributed by atoms with van der Waals surface area (Å²) in [6.45, 7) is 3.82. The molecule has 7 nitrogen and oxygen atoms in total. The number of aryl methyl sites for hydroxylation is 2. The minimum absolute atomic E-state index is 0.0466. The summed E-state index contributed by atoms with van der Waals surface area (Å²) in [4.78, 5) is 39.2. The van der Waals surface area contributed by atoms with Crippen LogP contribution in [0.15, 0.2) is 42.5 Å². The van der Waals surface area contributed by atoms with Gasteiger partial charge in [-0.3, -0.25) is 19.7 Å². The fourth-order valence-electron chi connectivity index (χ4n) is 4.19. The van der Waals surface area contributed by atoms with E-state index >= 15 is 0 Å². The molecule has 0 bridgehead atoms. The second kappa shape index (κ2) is 6.45. The van der Waals surface area contributed by atoms with Crippen LogP contribution in [0.5, 0.6) is 5.75 Å². The smallest absolute Gasteiger partial charge is 0.321 e. The van der Waals surface area contributed by atoms with Crippen LogP contribution in [0, 0.1) is 25.7 Å². The molecule has 2 aliphatic rings. The number of carbonyl (C=O) groups is 3. The van der Waals surface area contributed by atoms with E-state index in [4.69, 9.17) is 0 Å². The highest BCUT2D eigenvalue weighted by Crippen LogP contribution is 2.47. The molecule has 144 valence electrons. The number of fused-ring (bicyclic) bond motifs is 1. The highest BCUT2D eigenvalue weighted by atomic mass is 16.4. The Kier molecular flexibility index (Phi) is 4.19. The number of benzene rings is 2. The van der Waals surface area contributed by atoms with Crippen molar-refractivity contribution >= 4 is 23.5 Å². The predicted octanol–water partition coefficient (Wildman–Crippen LogP) is 1.91. The van der Waals surface area contributed by atoms with E-state index in [0.29, 0.717) is 11.3 Å². The van der Waals surface area contributed by atoms with Crippen molar-refractivity contribution in [2.45, 2.75) is 25.9 Å². The number of carbonyl (C=O) groups excluding carboxylic acids is 2. The van der Waals surface area contributed by atoms with Crippen LogP contribution in [0.25, 0.3) is 0 Å².